The minimum atomic E-state index is -0.443. The van der Waals surface area contributed by atoms with E-state index in [-0.39, 0.29) is 18.2 Å². The van der Waals surface area contributed by atoms with Crippen LogP contribution in [0.25, 0.3) is 0 Å². The summed E-state index contributed by atoms with van der Waals surface area (Å²) >= 11 is 0. The summed E-state index contributed by atoms with van der Waals surface area (Å²) in [6.45, 7) is 3.94. The quantitative estimate of drug-likeness (QED) is 0.802. The molecule has 1 atom stereocenters. The normalized spacial score (nSPS) is 13.8. The van der Waals surface area contributed by atoms with Crippen molar-refractivity contribution in [1.29, 1.82) is 0 Å². The van der Waals surface area contributed by atoms with Gasteiger partial charge in [-0.15, -0.1) is 12.4 Å². The van der Waals surface area contributed by atoms with Crippen LogP contribution < -0.4 is 5.32 Å². The zero-order valence-corrected chi connectivity index (χ0v) is 10.2. The smallest absolute Gasteiger partial charge is 0.182 e. The maximum Gasteiger partial charge on any atom is 0.182 e. The molecule has 0 spiro atoms. The molecule has 1 aromatic rings. The summed E-state index contributed by atoms with van der Waals surface area (Å²) in [6.07, 6.45) is 0.789. The highest BCUT2D eigenvalue weighted by Crippen LogP contribution is 2.16. The molecule has 84 valence electrons. The van der Waals surface area contributed by atoms with E-state index in [9.17, 15) is 4.79 Å². The molecule has 0 heterocycles. The second kappa shape index (κ2) is 5.89. The number of Topliss-reactive ketones (excluding diaryl/α,β-unsaturated/α-hetero) is 1. The van der Waals surface area contributed by atoms with Crippen molar-refractivity contribution >= 4 is 18.2 Å². The van der Waals surface area contributed by atoms with E-state index in [1.807, 2.05) is 51.2 Å². The Labute approximate surface area is 97.5 Å². The SMILES string of the molecule is CCC(C)(NC)C(=O)c1ccccc1.Cl. The maximum atomic E-state index is 12.1. The van der Waals surface area contributed by atoms with Gasteiger partial charge in [-0.1, -0.05) is 37.3 Å². The molecule has 2 nitrogen and oxygen atoms in total. The molecule has 0 aliphatic heterocycles. The number of rotatable bonds is 4. The molecule has 0 aliphatic rings. The predicted octanol–water partition coefficient (Wildman–Crippen LogP) is 2.68. The molecule has 0 bridgehead atoms. The van der Waals surface area contributed by atoms with Crippen molar-refractivity contribution in [3.63, 3.8) is 0 Å². The van der Waals surface area contributed by atoms with Crippen LogP contribution in [-0.2, 0) is 0 Å². The van der Waals surface area contributed by atoms with Gasteiger partial charge in [0.05, 0.1) is 5.54 Å². The monoisotopic (exact) mass is 227 g/mol. The molecule has 1 unspecified atom stereocenters. The highest BCUT2D eigenvalue weighted by Gasteiger charge is 2.29. The highest BCUT2D eigenvalue weighted by molar-refractivity contribution is 6.02. The number of hydrogen-bond donors (Lipinski definition) is 1. The first-order valence-electron chi connectivity index (χ1n) is 4.93. The fourth-order valence-electron chi connectivity index (χ4n) is 1.36. The maximum absolute atomic E-state index is 12.1. The number of halogens is 1. The van der Waals surface area contributed by atoms with Gasteiger partial charge in [0.2, 0.25) is 0 Å². The molecule has 1 aromatic carbocycles. The Morgan fingerprint density at radius 3 is 2.27 bits per heavy atom. The average molecular weight is 228 g/mol. The van der Waals surface area contributed by atoms with E-state index < -0.39 is 5.54 Å². The van der Waals surface area contributed by atoms with Gasteiger partial charge in [-0.05, 0) is 20.4 Å². The summed E-state index contributed by atoms with van der Waals surface area (Å²) in [6, 6.07) is 9.40. The number of likely N-dealkylation sites (N-methyl/N-ethyl adjacent to an activating group) is 1. The molecule has 0 saturated carbocycles. The lowest BCUT2D eigenvalue weighted by atomic mass is 9.89. The Morgan fingerprint density at radius 2 is 1.87 bits per heavy atom. The molecule has 0 fully saturated rings. The first kappa shape index (κ1) is 14.1. The minimum absolute atomic E-state index is 0. The Bertz CT molecular complexity index is 307. The molecule has 1 rings (SSSR count). The molecule has 0 radical (unpaired) electrons. The van der Waals surface area contributed by atoms with Crippen LogP contribution >= 0.6 is 12.4 Å². The van der Waals surface area contributed by atoms with Crippen LogP contribution in [0, 0.1) is 0 Å². The Hall–Kier alpha value is -0.860. The van der Waals surface area contributed by atoms with E-state index in [0.29, 0.717) is 0 Å². The number of carbonyl (C=O) groups is 1. The highest BCUT2D eigenvalue weighted by atomic mass is 35.5. The lowest BCUT2D eigenvalue weighted by molar-refractivity contribution is 0.0870. The van der Waals surface area contributed by atoms with Crippen molar-refractivity contribution in [3.8, 4) is 0 Å². The Kier molecular flexibility index (Phi) is 5.55. The first-order chi connectivity index (χ1) is 6.64. The van der Waals surface area contributed by atoms with Gasteiger partial charge in [-0.2, -0.15) is 0 Å². The van der Waals surface area contributed by atoms with E-state index in [4.69, 9.17) is 0 Å². The summed E-state index contributed by atoms with van der Waals surface area (Å²) in [5, 5.41) is 3.08. The molecular formula is C12H18ClNO. The standard InChI is InChI=1S/C12H17NO.ClH/c1-4-12(2,13-3)11(14)10-8-6-5-7-9-10;/h5-9,13H,4H2,1-3H3;1H. The number of ketones is 1. The van der Waals surface area contributed by atoms with Gasteiger partial charge in [0.15, 0.2) is 5.78 Å². The van der Waals surface area contributed by atoms with Crippen LogP contribution in [0.3, 0.4) is 0 Å². The minimum Gasteiger partial charge on any atom is -0.308 e. The van der Waals surface area contributed by atoms with Gasteiger partial charge in [0.25, 0.3) is 0 Å². The van der Waals surface area contributed by atoms with Gasteiger partial charge in [-0.3, -0.25) is 4.79 Å². The van der Waals surface area contributed by atoms with E-state index in [1.54, 1.807) is 0 Å². The van der Waals surface area contributed by atoms with Crippen LogP contribution in [0.15, 0.2) is 30.3 Å². The van der Waals surface area contributed by atoms with Crippen molar-refractivity contribution in [2.45, 2.75) is 25.8 Å². The molecule has 1 N–H and O–H groups in total. The number of benzene rings is 1. The summed E-state index contributed by atoms with van der Waals surface area (Å²) in [4.78, 5) is 12.1. The first-order valence-corrected chi connectivity index (χ1v) is 4.93. The number of nitrogens with one attached hydrogen (secondary N) is 1. The second-order valence-corrected chi connectivity index (χ2v) is 3.63. The van der Waals surface area contributed by atoms with Crippen molar-refractivity contribution in [1.82, 2.24) is 5.32 Å². The average Bonchev–Trinajstić information content (AvgIpc) is 2.28. The largest absolute Gasteiger partial charge is 0.308 e. The van der Waals surface area contributed by atoms with Gasteiger partial charge in [-0.25, -0.2) is 0 Å². The van der Waals surface area contributed by atoms with Crippen molar-refractivity contribution in [2.24, 2.45) is 0 Å². The summed E-state index contributed by atoms with van der Waals surface area (Å²) < 4.78 is 0. The molecule has 0 amide bonds. The lowest BCUT2D eigenvalue weighted by Gasteiger charge is -2.26. The molecule has 3 heteroatoms. The predicted molar refractivity (Wildman–Crippen MR) is 65.8 cm³/mol. The Morgan fingerprint density at radius 1 is 1.33 bits per heavy atom. The zero-order chi connectivity index (χ0) is 10.6. The number of hydrogen-bond acceptors (Lipinski definition) is 2. The second-order valence-electron chi connectivity index (χ2n) is 3.63. The van der Waals surface area contributed by atoms with Crippen molar-refractivity contribution < 1.29 is 4.79 Å². The molecule has 0 aromatic heterocycles. The van der Waals surface area contributed by atoms with Crippen LogP contribution in [0.4, 0.5) is 0 Å². The van der Waals surface area contributed by atoms with Crippen LogP contribution in [-0.4, -0.2) is 18.4 Å². The molecule has 0 aliphatic carbocycles. The molecular weight excluding hydrogens is 210 g/mol. The third-order valence-corrected chi connectivity index (χ3v) is 2.80. The van der Waals surface area contributed by atoms with Crippen LogP contribution in [0.2, 0.25) is 0 Å². The molecule has 0 saturated heterocycles. The zero-order valence-electron chi connectivity index (χ0n) is 9.41. The summed E-state index contributed by atoms with van der Waals surface area (Å²) in [5.74, 6) is 0.156. The van der Waals surface area contributed by atoms with E-state index in [2.05, 4.69) is 5.32 Å². The van der Waals surface area contributed by atoms with Crippen molar-refractivity contribution in [2.75, 3.05) is 7.05 Å². The third-order valence-electron chi connectivity index (χ3n) is 2.80. The van der Waals surface area contributed by atoms with Gasteiger partial charge in [0, 0.05) is 5.56 Å². The van der Waals surface area contributed by atoms with Crippen LogP contribution in [0.1, 0.15) is 30.6 Å². The van der Waals surface area contributed by atoms with E-state index >= 15 is 0 Å². The van der Waals surface area contributed by atoms with Gasteiger partial charge >= 0.3 is 0 Å². The van der Waals surface area contributed by atoms with E-state index in [0.717, 1.165) is 12.0 Å². The van der Waals surface area contributed by atoms with Gasteiger partial charge in [0.1, 0.15) is 0 Å². The fraction of sp³-hybridized carbons (Fsp3) is 0.417. The number of carbonyl (C=O) groups excluding carboxylic acids is 1. The van der Waals surface area contributed by atoms with Crippen molar-refractivity contribution in [3.05, 3.63) is 35.9 Å². The topological polar surface area (TPSA) is 29.1 Å². The Balaban J connectivity index is 0.00000196. The van der Waals surface area contributed by atoms with Crippen LogP contribution in [0.5, 0.6) is 0 Å². The summed E-state index contributed by atoms with van der Waals surface area (Å²) in [7, 11) is 1.82. The van der Waals surface area contributed by atoms with E-state index in [1.165, 1.54) is 0 Å². The molecule has 15 heavy (non-hydrogen) atoms. The fourth-order valence-corrected chi connectivity index (χ4v) is 1.36. The lowest BCUT2D eigenvalue weighted by Crippen LogP contribution is -2.46. The van der Waals surface area contributed by atoms with Gasteiger partial charge < -0.3 is 5.32 Å². The summed E-state index contributed by atoms with van der Waals surface area (Å²) in [5.41, 5.74) is 0.327. The third kappa shape index (κ3) is 3.05.